The fraction of sp³-hybridized carbons (Fsp3) is 0. The molecule has 0 atom stereocenters. The summed E-state index contributed by atoms with van der Waals surface area (Å²) < 4.78 is 0. The predicted molar refractivity (Wildman–Crippen MR) is 96.2 cm³/mol. The van der Waals surface area contributed by atoms with Crippen LogP contribution in [0.15, 0.2) is 60.9 Å². The summed E-state index contributed by atoms with van der Waals surface area (Å²) in [4.78, 5) is 20.4. The molecule has 0 aliphatic rings. The molecule has 2 N–H and O–H groups in total. The van der Waals surface area contributed by atoms with Gasteiger partial charge in [0, 0.05) is 17.4 Å². The first kappa shape index (κ1) is 16.2. The number of rotatable bonds is 4. The number of para-hydroxylation sites is 1. The first-order chi connectivity index (χ1) is 11.6. The number of carbonyl (C=O) groups excluding carboxylic acids is 1. The van der Waals surface area contributed by atoms with Crippen LogP contribution in [0.4, 0.5) is 17.2 Å². The molecule has 0 fully saturated rings. The summed E-state index contributed by atoms with van der Waals surface area (Å²) in [6.07, 6.45) is 1.33. The van der Waals surface area contributed by atoms with Crippen molar-refractivity contribution in [1.29, 1.82) is 0 Å². The minimum absolute atomic E-state index is 0.231. The Morgan fingerprint density at radius 1 is 0.875 bits per heavy atom. The number of halogens is 2. The first-order valence-corrected chi connectivity index (χ1v) is 7.78. The molecule has 0 radical (unpaired) electrons. The normalized spacial score (nSPS) is 10.2. The van der Waals surface area contributed by atoms with Crippen molar-refractivity contribution in [2.75, 3.05) is 10.6 Å². The van der Waals surface area contributed by atoms with E-state index < -0.39 is 0 Å². The lowest BCUT2D eigenvalue weighted by Crippen LogP contribution is -2.14. The Labute approximate surface area is 148 Å². The lowest BCUT2D eigenvalue weighted by atomic mass is 10.3. The fourth-order valence-electron chi connectivity index (χ4n) is 1.99. The topological polar surface area (TPSA) is 66.9 Å². The van der Waals surface area contributed by atoms with Crippen molar-refractivity contribution in [3.63, 3.8) is 0 Å². The van der Waals surface area contributed by atoms with Crippen LogP contribution in [0.25, 0.3) is 0 Å². The van der Waals surface area contributed by atoms with Gasteiger partial charge in [-0.2, -0.15) is 0 Å². The molecule has 1 amide bonds. The molecule has 0 spiro atoms. The van der Waals surface area contributed by atoms with Gasteiger partial charge in [0.05, 0.1) is 10.0 Å². The van der Waals surface area contributed by atoms with Crippen LogP contribution in [0, 0.1) is 0 Å². The van der Waals surface area contributed by atoms with Gasteiger partial charge in [0.15, 0.2) is 0 Å². The maximum absolute atomic E-state index is 12.3. The molecule has 1 heterocycles. The van der Waals surface area contributed by atoms with Gasteiger partial charge in [0.25, 0.3) is 5.91 Å². The SMILES string of the molecule is O=C(Nc1ccc(Cl)c(Cl)c1)c1cc(Nc2ccccc2)ncn1. The molecule has 0 saturated heterocycles. The van der Waals surface area contributed by atoms with Crippen LogP contribution in [0.2, 0.25) is 10.0 Å². The summed E-state index contributed by atoms with van der Waals surface area (Å²) in [6, 6.07) is 15.9. The van der Waals surface area contributed by atoms with E-state index in [1.54, 1.807) is 24.3 Å². The smallest absolute Gasteiger partial charge is 0.274 e. The maximum Gasteiger partial charge on any atom is 0.274 e. The van der Waals surface area contributed by atoms with Crippen LogP contribution in [0.3, 0.4) is 0 Å². The van der Waals surface area contributed by atoms with Gasteiger partial charge < -0.3 is 10.6 Å². The van der Waals surface area contributed by atoms with Gasteiger partial charge >= 0.3 is 0 Å². The first-order valence-electron chi connectivity index (χ1n) is 7.02. The van der Waals surface area contributed by atoms with Crippen molar-refractivity contribution < 1.29 is 4.79 Å². The standard InChI is InChI=1S/C17H12Cl2N4O/c18-13-7-6-12(8-14(13)19)23-17(24)15-9-16(21-10-20-15)22-11-4-2-1-3-5-11/h1-10H,(H,23,24)(H,20,21,22). The van der Waals surface area contributed by atoms with E-state index >= 15 is 0 Å². The quantitative estimate of drug-likeness (QED) is 0.704. The van der Waals surface area contributed by atoms with Crippen LogP contribution in [0.5, 0.6) is 0 Å². The summed E-state index contributed by atoms with van der Waals surface area (Å²) in [7, 11) is 0. The minimum atomic E-state index is -0.369. The third-order valence-corrected chi connectivity index (χ3v) is 3.86. The predicted octanol–water partition coefficient (Wildman–Crippen LogP) is 4.78. The Kier molecular flexibility index (Phi) is 4.93. The Balaban J connectivity index is 1.75. The number of benzene rings is 2. The zero-order valence-electron chi connectivity index (χ0n) is 12.3. The Bertz CT molecular complexity index is 871. The molecule has 0 unspecified atom stereocenters. The van der Waals surface area contributed by atoms with E-state index in [-0.39, 0.29) is 11.6 Å². The van der Waals surface area contributed by atoms with E-state index in [0.29, 0.717) is 21.6 Å². The second kappa shape index (κ2) is 7.29. The van der Waals surface area contributed by atoms with Crippen LogP contribution in [-0.4, -0.2) is 15.9 Å². The molecule has 120 valence electrons. The number of hydrogen-bond acceptors (Lipinski definition) is 4. The Morgan fingerprint density at radius 2 is 1.67 bits per heavy atom. The van der Waals surface area contributed by atoms with Gasteiger partial charge in [-0.05, 0) is 30.3 Å². The zero-order chi connectivity index (χ0) is 16.9. The highest BCUT2D eigenvalue weighted by Gasteiger charge is 2.10. The molecule has 3 aromatic rings. The van der Waals surface area contributed by atoms with Gasteiger partial charge in [-0.3, -0.25) is 4.79 Å². The second-order valence-corrected chi connectivity index (χ2v) is 5.68. The van der Waals surface area contributed by atoms with Gasteiger partial charge in [-0.25, -0.2) is 9.97 Å². The lowest BCUT2D eigenvalue weighted by Gasteiger charge is -2.08. The molecule has 7 heteroatoms. The van der Waals surface area contributed by atoms with Crippen molar-refractivity contribution in [1.82, 2.24) is 9.97 Å². The average molecular weight is 359 g/mol. The highest BCUT2D eigenvalue weighted by Crippen LogP contribution is 2.25. The molecule has 0 saturated carbocycles. The molecule has 1 aromatic heterocycles. The number of anilines is 3. The lowest BCUT2D eigenvalue weighted by molar-refractivity contribution is 0.102. The van der Waals surface area contributed by atoms with Crippen molar-refractivity contribution in [3.05, 3.63) is 76.7 Å². The van der Waals surface area contributed by atoms with Crippen molar-refractivity contribution in [3.8, 4) is 0 Å². The number of aromatic nitrogens is 2. The highest BCUT2D eigenvalue weighted by atomic mass is 35.5. The fourth-order valence-corrected chi connectivity index (χ4v) is 2.29. The number of carbonyl (C=O) groups is 1. The van der Waals surface area contributed by atoms with E-state index in [4.69, 9.17) is 23.2 Å². The number of nitrogens with one attached hydrogen (secondary N) is 2. The Morgan fingerprint density at radius 3 is 2.42 bits per heavy atom. The van der Waals surface area contributed by atoms with Gasteiger partial charge in [0.2, 0.25) is 0 Å². The van der Waals surface area contributed by atoms with Crippen molar-refractivity contribution in [2.24, 2.45) is 0 Å². The van der Waals surface area contributed by atoms with Gasteiger partial charge in [-0.1, -0.05) is 41.4 Å². The van der Waals surface area contributed by atoms with Crippen LogP contribution >= 0.6 is 23.2 Å². The summed E-state index contributed by atoms with van der Waals surface area (Å²) in [5, 5.41) is 6.61. The molecule has 3 rings (SSSR count). The summed E-state index contributed by atoms with van der Waals surface area (Å²) >= 11 is 11.8. The summed E-state index contributed by atoms with van der Waals surface area (Å²) in [5.74, 6) is 0.155. The second-order valence-electron chi connectivity index (χ2n) is 4.86. The summed E-state index contributed by atoms with van der Waals surface area (Å²) in [5.41, 5.74) is 1.63. The van der Waals surface area contributed by atoms with Crippen molar-refractivity contribution in [2.45, 2.75) is 0 Å². The zero-order valence-corrected chi connectivity index (χ0v) is 13.8. The average Bonchev–Trinajstić information content (AvgIpc) is 2.59. The third kappa shape index (κ3) is 4.01. The van der Waals surface area contributed by atoms with Crippen LogP contribution in [0.1, 0.15) is 10.5 Å². The van der Waals surface area contributed by atoms with E-state index in [1.807, 2.05) is 30.3 Å². The molecular formula is C17H12Cl2N4O. The van der Waals surface area contributed by atoms with Gasteiger partial charge in [0.1, 0.15) is 17.8 Å². The van der Waals surface area contributed by atoms with Gasteiger partial charge in [-0.15, -0.1) is 0 Å². The molecular weight excluding hydrogens is 347 g/mol. The molecule has 5 nitrogen and oxygen atoms in total. The number of nitrogens with zero attached hydrogens (tertiary/aromatic N) is 2. The van der Waals surface area contributed by atoms with E-state index in [1.165, 1.54) is 6.33 Å². The molecule has 0 aliphatic heterocycles. The number of hydrogen-bond donors (Lipinski definition) is 2. The largest absolute Gasteiger partial charge is 0.340 e. The van der Waals surface area contributed by atoms with Crippen LogP contribution < -0.4 is 10.6 Å². The summed E-state index contributed by atoms with van der Waals surface area (Å²) in [6.45, 7) is 0. The van der Waals surface area contributed by atoms with Crippen LogP contribution in [-0.2, 0) is 0 Å². The van der Waals surface area contributed by atoms with E-state index in [0.717, 1.165) is 5.69 Å². The molecule has 24 heavy (non-hydrogen) atoms. The molecule has 0 aliphatic carbocycles. The monoisotopic (exact) mass is 358 g/mol. The molecule has 0 bridgehead atoms. The van der Waals surface area contributed by atoms with E-state index in [9.17, 15) is 4.79 Å². The number of amides is 1. The Hall–Kier alpha value is -2.63. The highest BCUT2D eigenvalue weighted by molar-refractivity contribution is 6.42. The van der Waals surface area contributed by atoms with E-state index in [2.05, 4.69) is 20.6 Å². The maximum atomic E-state index is 12.3. The third-order valence-electron chi connectivity index (χ3n) is 3.12. The van der Waals surface area contributed by atoms with Crippen molar-refractivity contribution >= 4 is 46.3 Å². The molecule has 2 aromatic carbocycles. The minimum Gasteiger partial charge on any atom is -0.340 e.